The molecule has 0 saturated carbocycles. The quantitative estimate of drug-likeness (QED) is 0.338. The maximum absolute atomic E-state index is 7.41. The zero-order valence-electron chi connectivity index (χ0n) is 26.7. The first-order chi connectivity index (χ1) is 20.8. The van der Waals surface area contributed by atoms with Gasteiger partial charge in [-0.3, -0.25) is 9.80 Å². The Morgan fingerprint density at radius 3 is 2.19 bits per heavy atom. The summed E-state index contributed by atoms with van der Waals surface area (Å²) in [5.74, 6) is 0. The Labute approximate surface area is 261 Å². The summed E-state index contributed by atoms with van der Waals surface area (Å²) in [5.41, 5.74) is 4.04. The van der Waals surface area contributed by atoms with Crippen LogP contribution in [0.1, 0.15) is 43.6 Å². The van der Waals surface area contributed by atoms with E-state index in [9.17, 15) is 0 Å². The Morgan fingerprint density at radius 2 is 1.56 bits per heavy atom. The second-order valence-corrected chi connectivity index (χ2v) is 15.1. The van der Waals surface area contributed by atoms with Crippen molar-refractivity contribution in [3.63, 3.8) is 0 Å². The molecule has 231 valence electrons. The van der Waals surface area contributed by atoms with Crippen LogP contribution >= 0.6 is 0 Å². The van der Waals surface area contributed by atoms with E-state index in [1.807, 2.05) is 0 Å². The minimum atomic E-state index is -1.50. The molecule has 6 nitrogen and oxygen atoms in total. The molecular weight excluding hydrogens is 551 g/mol. The fraction of sp³-hybridized carbons (Fsp3) is 0.500. The number of nitrogens with one attached hydrogen (secondary N) is 1. The average molecular weight is 601 g/mol. The molecular formula is C36H50N3O3Si. The SMILES string of the molecule is COC[C@@H]1CN(CCN2CCN[C@@H](C(O[Si](c3ccccc3)c3ccccc3)c3ccc(C)c(C(C)(C)C)c3)C2)CCO1. The summed E-state index contributed by atoms with van der Waals surface area (Å²) in [6.45, 7) is 17.6. The minimum absolute atomic E-state index is 0.0577. The summed E-state index contributed by atoms with van der Waals surface area (Å²) >= 11 is 0. The van der Waals surface area contributed by atoms with Gasteiger partial charge in [0, 0.05) is 59.0 Å². The Balaban J connectivity index is 1.41. The molecule has 43 heavy (non-hydrogen) atoms. The molecule has 0 spiro atoms. The van der Waals surface area contributed by atoms with E-state index >= 15 is 0 Å². The summed E-state index contributed by atoms with van der Waals surface area (Å²) in [4.78, 5) is 5.15. The van der Waals surface area contributed by atoms with Crippen molar-refractivity contribution in [2.24, 2.45) is 0 Å². The van der Waals surface area contributed by atoms with Gasteiger partial charge in [0.1, 0.15) is 0 Å². The van der Waals surface area contributed by atoms with Crippen molar-refractivity contribution < 1.29 is 13.9 Å². The van der Waals surface area contributed by atoms with Gasteiger partial charge in [-0.2, -0.15) is 0 Å². The highest BCUT2D eigenvalue weighted by atomic mass is 28.3. The molecule has 3 aromatic carbocycles. The van der Waals surface area contributed by atoms with Crippen LogP contribution in [-0.2, 0) is 19.3 Å². The molecule has 1 unspecified atom stereocenters. The molecule has 1 radical (unpaired) electrons. The van der Waals surface area contributed by atoms with E-state index in [1.54, 1.807) is 7.11 Å². The zero-order chi connectivity index (χ0) is 30.2. The molecule has 2 fully saturated rings. The van der Waals surface area contributed by atoms with Crippen molar-refractivity contribution in [1.29, 1.82) is 0 Å². The van der Waals surface area contributed by atoms with Crippen molar-refractivity contribution in [2.45, 2.75) is 51.4 Å². The van der Waals surface area contributed by atoms with Gasteiger partial charge in [-0.1, -0.05) is 99.6 Å². The van der Waals surface area contributed by atoms with Gasteiger partial charge in [-0.05, 0) is 39.4 Å². The number of rotatable bonds is 11. The van der Waals surface area contributed by atoms with Crippen LogP contribution in [0.5, 0.6) is 0 Å². The van der Waals surface area contributed by atoms with Gasteiger partial charge in [0.25, 0.3) is 9.04 Å². The molecule has 2 aliphatic heterocycles. The monoisotopic (exact) mass is 600 g/mol. The van der Waals surface area contributed by atoms with E-state index in [-0.39, 0.29) is 23.7 Å². The van der Waals surface area contributed by atoms with Crippen LogP contribution in [0, 0.1) is 6.92 Å². The Bertz CT molecular complexity index is 1230. The van der Waals surface area contributed by atoms with Gasteiger partial charge < -0.3 is 19.2 Å². The fourth-order valence-corrected chi connectivity index (χ4v) is 8.57. The second-order valence-electron chi connectivity index (χ2n) is 13.0. The van der Waals surface area contributed by atoms with E-state index in [4.69, 9.17) is 13.9 Å². The highest BCUT2D eigenvalue weighted by Gasteiger charge is 2.34. The lowest BCUT2D eigenvalue weighted by Gasteiger charge is -2.40. The number of nitrogens with zero attached hydrogens (tertiary/aromatic N) is 2. The molecule has 3 atom stereocenters. The van der Waals surface area contributed by atoms with Crippen LogP contribution in [0.4, 0.5) is 0 Å². The van der Waals surface area contributed by atoms with Crippen LogP contribution in [0.15, 0.2) is 78.9 Å². The minimum Gasteiger partial charge on any atom is -0.399 e. The maximum atomic E-state index is 7.41. The number of benzene rings is 3. The normalized spacial score (nSPS) is 21.3. The lowest BCUT2D eigenvalue weighted by molar-refractivity contribution is -0.0627. The predicted octanol–water partition coefficient (Wildman–Crippen LogP) is 3.78. The fourth-order valence-electron chi connectivity index (χ4n) is 6.42. The third kappa shape index (κ3) is 8.63. The first-order valence-corrected chi connectivity index (χ1v) is 17.3. The van der Waals surface area contributed by atoms with Crippen molar-refractivity contribution in [3.05, 3.63) is 95.6 Å². The van der Waals surface area contributed by atoms with Crippen molar-refractivity contribution in [1.82, 2.24) is 15.1 Å². The molecule has 5 rings (SSSR count). The largest absolute Gasteiger partial charge is 0.399 e. The molecule has 1 N–H and O–H groups in total. The third-order valence-corrected chi connectivity index (χ3v) is 10.9. The van der Waals surface area contributed by atoms with Crippen LogP contribution in [0.2, 0.25) is 0 Å². The Morgan fingerprint density at radius 1 is 0.907 bits per heavy atom. The van der Waals surface area contributed by atoms with Gasteiger partial charge in [0.2, 0.25) is 0 Å². The topological polar surface area (TPSA) is 46.2 Å². The lowest BCUT2D eigenvalue weighted by atomic mass is 9.82. The maximum Gasteiger partial charge on any atom is 0.283 e. The highest BCUT2D eigenvalue weighted by Crippen LogP contribution is 2.32. The van der Waals surface area contributed by atoms with Crippen molar-refractivity contribution in [3.8, 4) is 0 Å². The number of ether oxygens (including phenoxy) is 2. The van der Waals surface area contributed by atoms with E-state index in [0.717, 1.165) is 52.4 Å². The van der Waals surface area contributed by atoms with E-state index in [1.165, 1.54) is 27.1 Å². The zero-order valence-corrected chi connectivity index (χ0v) is 27.7. The van der Waals surface area contributed by atoms with E-state index < -0.39 is 9.04 Å². The summed E-state index contributed by atoms with van der Waals surface area (Å²) in [6, 6.07) is 28.8. The molecule has 0 aromatic heterocycles. The average Bonchev–Trinajstić information content (AvgIpc) is 3.02. The van der Waals surface area contributed by atoms with Gasteiger partial charge in [-0.15, -0.1) is 0 Å². The number of hydrogen-bond donors (Lipinski definition) is 1. The summed E-state index contributed by atoms with van der Waals surface area (Å²) in [5, 5.41) is 6.44. The Hall–Kier alpha value is -2.36. The molecule has 3 aromatic rings. The number of piperazine rings is 1. The van der Waals surface area contributed by atoms with Gasteiger partial charge in [0.05, 0.1) is 25.4 Å². The second kappa shape index (κ2) is 15.1. The van der Waals surface area contributed by atoms with Crippen LogP contribution < -0.4 is 15.7 Å². The molecule has 2 aliphatic rings. The molecule has 0 aliphatic carbocycles. The first-order valence-electron chi connectivity index (χ1n) is 15.9. The van der Waals surface area contributed by atoms with Gasteiger partial charge in [0.15, 0.2) is 0 Å². The van der Waals surface area contributed by atoms with Gasteiger partial charge in [-0.25, -0.2) is 0 Å². The lowest BCUT2D eigenvalue weighted by Crippen LogP contribution is -2.57. The smallest absolute Gasteiger partial charge is 0.283 e. The molecule has 7 heteroatoms. The highest BCUT2D eigenvalue weighted by molar-refractivity contribution is 6.80. The van der Waals surface area contributed by atoms with Crippen LogP contribution in [-0.4, -0.2) is 97.1 Å². The van der Waals surface area contributed by atoms with Crippen molar-refractivity contribution >= 4 is 19.4 Å². The van der Waals surface area contributed by atoms with E-state index in [0.29, 0.717) is 6.61 Å². The first kappa shape index (κ1) is 32.0. The molecule has 0 bridgehead atoms. The standard InChI is InChI=1S/C36H50N3O3Si/c1-28-16-17-29(24-33(28)36(2,3)4)35(42-43(31-12-8-6-9-13-31)32-14-10-7-11-15-32)34-26-38(19-18-37-34)20-21-39-22-23-41-30(25-39)27-40-5/h6-17,24,30,34-35,37H,18-23,25-27H2,1-5H3/t30-,34+,35?/m0/s1. The number of aryl methyl sites for hydroxylation is 1. The summed E-state index contributed by atoms with van der Waals surface area (Å²) in [7, 11) is 0.251. The van der Waals surface area contributed by atoms with Crippen LogP contribution in [0.3, 0.4) is 0 Å². The third-order valence-electron chi connectivity index (χ3n) is 8.68. The van der Waals surface area contributed by atoms with Crippen LogP contribution in [0.25, 0.3) is 0 Å². The molecule has 2 saturated heterocycles. The van der Waals surface area contributed by atoms with Gasteiger partial charge >= 0.3 is 0 Å². The summed E-state index contributed by atoms with van der Waals surface area (Å²) < 4.78 is 18.7. The summed E-state index contributed by atoms with van der Waals surface area (Å²) in [6.07, 6.45) is 0.0932. The molecule has 2 heterocycles. The Kier molecular flexibility index (Phi) is 11.2. The van der Waals surface area contributed by atoms with Crippen molar-refractivity contribution in [2.75, 3.05) is 66.1 Å². The number of hydrogen-bond acceptors (Lipinski definition) is 6. The number of morpholine rings is 1. The molecule has 0 amide bonds. The predicted molar refractivity (Wildman–Crippen MR) is 178 cm³/mol. The number of methoxy groups -OCH3 is 1. The van der Waals surface area contributed by atoms with E-state index in [2.05, 4.69) is 122 Å².